The molecule has 0 unspecified atom stereocenters. The van der Waals surface area contributed by atoms with E-state index in [1.165, 1.54) is 13.3 Å². The Bertz CT molecular complexity index is 1550. The zero-order valence-corrected chi connectivity index (χ0v) is 25.4. The average molecular weight is 623 g/mol. The highest BCUT2D eigenvalue weighted by atomic mass is 35.5. The summed E-state index contributed by atoms with van der Waals surface area (Å²) >= 11 is 11.8. The minimum Gasteiger partial charge on any atom is -0.493 e. The number of benzene rings is 3. The van der Waals surface area contributed by atoms with Crippen LogP contribution >= 0.6 is 23.8 Å². The molecule has 1 heterocycles. The average Bonchev–Trinajstić information content (AvgIpc) is 2.99. The Labute approximate surface area is 260 Å². The molecule has 3 N–H and O–H groups in total. The molecule has 4 rings (SSSR count). The maximum Gasteiger partial charge on any atom is 0.338 e. The van der Waals surface area contributed by atoms with E-state index in [0.717, 1.165) is 5.56 Å². The fraction of sp³-hybridized carbons (Fsp3) is 0.226. The number of carbonyl (C=O) groups excluding carboxylic acids is 2. The third-order valence-electron chi connectivity index (χ3n) is 6.23. The molecule has 1 aliphatic rings. The summed E-state index contributed by atoms with van der Waals surface area (Å²) in [6.07, 6.45) is 1.43. The van der Waals surface area contributed by atoms with Gasteiger partial charge in [-0.15, -0.1) is 0 Å². The van der Waals surface area contributed by atoms with Crippen LogP contribution in [0.3, 0.4) is 0 Å². The molecule has 0 saturated carbocycles. The molecule has 0 aromatic heterocycles. The lowest BCUT2D eigenvalue weighted by Crippen LogP contribution is -2.45. The molecule has 0 aliphatic carbocycles. The second kappa shape index (κ2) is 15.0. The largest absolute Gasteiger partial charge is 0.493 e. The van der Waals surface area contributed by atoms with Crippen molar-refractivity contribution in [2.24, 2.45) is 5.10 Å². The van der Waals surface area contributed by atoms with Gasteiger partial charge >= 0.3 is 5.97 Å². The summed E-state index contributed by atoms with van der Waals surface area (Å²) in [5, 5.41) is 10.8. The van der Waals surface area contributed by atoms with E-state index in [2.05, 4.69) is 21.2 Å². The number of halogens is 1. The molecule has 0 saturated heterocycles. The van der Waals surface area contributed by atoms with E-state index in [-0.39, 0.29) is 13.2 Å². The lowest BCUT2D eigenvalue weighted by Gasteiger charge is -2.30. The minimum atomic E-state index is -0.635. The van der Waals surface area contributed by atoms with Gasteiger partial charge in [0, 0.05) is 11.3 Å². The first-order chi connectivity index (χ1) is 20.8. The number of hydrogen-bond acceptors (Lipinski definition) is 8. The summed E-state index contributed by atoms with van der Waals surface area (Å²) in [6.45, 7) is 3.69. The first-order valence-corrected chi connectivity index (χ1v) is 14.1. The zero-order chi connectivity index (χ0) is 30.8. The van der Waals surface area contributed by atoms with Gasteiger partial charge in [-0.1, -0.05) is 60.1 Å². The first kappa shape index (κ1) is 31.3. The van der Waals surface area contributed by atoms with Crippen LogP contribution in [0.15, 0.2) is 83.1 Å². The summed E-state index contributed by atoms with van der Waals surface area (Å²) in [4.78, 5) is 25.3. The fourth-order valence-corrected chi connectivity index (χ4v) is 4.84. The van der Waals surface area contributed by atoms with Gasteiger partial charge in [0.15, 0.2) is 23.2 Å². The van der Waals surface area contributed by atoms with Crippen LogP contribution in [0.1, 0.15) is 36.6 Å². The summed E-state index contributed by atoms with van der Waals surface area (Å²) in [5.74, 6) is 0.232. The number of hydrazone groups is 1. The first-order valence-electron chi connectivity index (χ1n) is 13.3. The number of para-hydroxylation sites is 1. The molecule has 1 aliphatic heterocycles. The van der Waals surface area contributed by atoms with Crippen molar-refractivity contribution < 1.29 is 28.5 Å². The molecular formula is C31H31ClN4O6S. The van der Waals surface area contributed by atoms with E-state index in [0.29, 0.717) is 56.4 Å². The van der Waals surface area contributed by atoms with Gasteiger partial charge in [0.25, 0.3) is 5.91 Å². The fourth-order valence-electron chi connectivity index (χ4n) is 4.30. The summed E-state index contributed by atoms with van der Waals surface area (Å²) in [6, 6.07) is 19.4. The van der Waals surface area contributed by atoms with E-state index < -0.39 is 17.9 Å². The number of hydrogen-bond donors (Lipinski definition) is 3. The summed E-state index contributed by atoms with van der Waals surface area (Å²) < 4.78 is 22.4. The number of allylic oxidation sites excluding steroid dienone is 1. The van der Waals surface area contributed by atoms with Crippen molar-refractivity contribution in [3.8, 4) is 17.2 Å². The molecule has 0 spiro atoms. The van der Waals surface area contributed by atoms with Gasteiger partial charge in [-0.2, -0.15) is 5.10 Å². The molecule has 10 nitrogen and oxygen atoms in total. The molecule has 224 valence electrons. The molecular weight excluding hydrogens is 592 g/mol. The van der Waals surface area contributed by atoms with Crippen LogP contribution in [0.2, 0.25) is 5.02 Å². The van der Waals surface area contributed by atoms with Crippen molar-refractivity contribution in [2.45, 2.75) is 26.5 Å². The predicted octanol–water partition coefficient (Wildman–Crippen LogP) is 4.81. The molecule has 0 fully saturated rings. The molecule has 3 aromatic rings. The van der Waals surface area contributed by atoms with E-state index in [9.17, 15) is 9.59 Å². The quantitative estimate of drug-likeness (QED) is 0.113. The molecule has 3 aromatic carbocycles. The number of nitrogens with one attached hydrogen (secondary N) is 3. The number of carbonyl (C=O) groups is 2. The second-order valence-corrected chi connectivity index (χ2v) is 10.0. The number of nitrogens with zero attached hydrogens (tertiary/aromatic N) is 1. The van der Waals surface area contributed by atoms with Crippen LogP contribution in [-0.4, -0.2) is 43.5 Å². The van der Waals surface area contributed by atoms with Crippen molar-refractivity contribution in [1.29, 1.82) is 0 Å². The predicted molar refractivity (Wildman–Crippen MR) is 167 cm³/mol. The van der Waals surface area contributed by atoms with Gasteiger partial charge in [-0.3, -0.25) is 4.79 Å². The van der Waals surface area contributed by atoms with Crippen molar-refractivity contribution in [3.63, 3.8) is 0 Å². The maximum atomic E-state index is 12.7. The molecule has 1 atom stereocenters. The monoisotopic (exact) mass is 622 g/mol. The van der Waals surface area contributed by atoms with E-state index in [1.807, 2.05) is 30.3 Å². The van der Waals surface area contributed by atoms with Gasteiger partial charge < -0.3 is 29.6 Å². The van der Waals surface area contributed by atoms with Crippen molar-refractivity contribution >= 4 is 47.0 Å². The van der Waals surface area contributed by atoms with E-state index in [4.69, 9.17) is 42.8 Å². The number of esters is 1. The van der Waals surface area contributed by atoms with Gasteiger partial charge in [-0.25, -0.2) is 10.2 Å². The van der Waals surface area contributed by atoms with Gasteiger partial charge in [0.05, 0.1) is 36.6 Å². The van der Waals surface area contributed by atoms with Crippen LogP contribution < -0.4 is 30.3 Å². The summed E-state index contributed by atoms with van der Waals surface area (Å²) in [5.41, 5.74) is 5.56. The normalized spacial score (nSPS) is 14.5. The Morgan fingerprint density at radius 2 is 1.81 bits per heavy atom. The molecule has 0 bridgehead atoms. The topological polar surface area (TPSA) is 120 Å². The van der Waals surface area contributed by atoms with Crippen LogP contribution in [0, 0.1) is 0 Å². The Morgan fingerprint density at radius 3 is 2.56 bits per heavy atom. The second-order valence-electron chi connectivity index (χ2n) is 9.22. The summed E-state index contributed by atoms with van der Waals surface area (Å²) in [7, 11) is 1.51. The number of amides is 1. The third kappa shape index (κ3) is 8.24. The Balaban J connectivity index is 1.40. The molecule has 0 radical (unpaired) electrons. The van der Waals surface area contributed by atoms with Gasteiger partial charge in [0.1, 0.15) is 12.4 Å². The number of ether oxygens (including phenoxy) is 4. The smallest absolute Gasteiger partial charge is 0.338 e. The number of rotatable bonds is 12. The molecule has 12 heteroatoms. The molecule has 43 heavy (non-hydrogen) atoms. The van der Waals surface area contributed by atoms with E-state index in [1.54, 1.807) is 50.2 Å². The number of thiocarbonyl (C=S) groups is 1. The van der Waals surface area contributed by atoms with Gasteiger partial charge in [-0.05, 0) is 55.4 Å². The van der Waals surface area contributed by atoms with Crippen LogP contribution in [0.5, 0.6) is 17.2 Å². The Morgan fingerprint density at radius 1 is 1.07 bits per heavy atom. The standard InChI is InChI=1S/C31H31ClN4O6S/c1-4-40-30(38)27-19(2)34-31(43)35-28(27)22-12-8-9-13-24(22)41-18-26(37)36-33-16-21-14-23(32)29(25(15-21)39-3)42-17-20-10-6-5-7-11-20/h5-16,28H,4,17-18H2,1-3H3,(H,36,37)(H2,34,35,43)/t28-/m0/s1. The highest BCUT2D eigenvalue weighted by Gasteiger charge is 2.32. The Hall–Kier alpha value is -4.61. The van der Waals surface area contributed by atoms with Crippen molar-refractivity contribution in [3.05, 3.63) is 99.7 Å². The minimum absolute atomic E-state index is 0.219. The lowest BCUT2D eigenvalue weighted by molar-refractivity contribution is -0.139. The van der Waals surface area contributed by atoms with Gasteiger partial charge in [0.2, 0.25) is 0 Å². The van der Waals surface area contributed by atoms with Crippen LogP contribution in [0.4, 0.5) is 0 Å². The Kier molecular flexibility index (Phi) is 11.0. The van der Waals surface area contributed by atoms with Crippen LogP contribution in [-0.2, 0) is 20.9 Å². The maximum absolute atomic E-state index is 12.7. The van der Waals surface area contributed by atoms with Crippen molar-refractivity contribution in [2.75, 3.05) is 20.3 Å². The zero-order valence-electron chi connectivity index (χ0n) is 23.8. The van der Waals surface area contributed by atoms with Crippen LogP contribution in [0.25, 0.3) is 0 Å². The van der Waals surface area contributed by atoms with Crippen molar-refractivity contribution in [1.82, 2.24) is 16.1 Å². The highest BCUT2D eigenvalue weighted by molar-refractivity contribution is 7.80. The third-order valence-corrected chi connectivity index (χ3v) is 6.73. The SMILES string of the molecule is CCOC(=O)C1=C(C)NC(=S)N[C@H]1c1ccccc1OCC(=O)NN=Cc1cc(Cl)c(OCc2ccccc2)c(OC)c1. The van der Waals surface area contributed by atoms with E-state index >= 15 is 0 Å². The highest BCUT2D eigenvalue weighted by Crippen LogP contribution is 2.37. The lowest BCUT2D eigenvalue weighted by atomic mass is 9.95. The molecule has 1 amide bonds. The number of methoxy groups -OCH3 is 1.